The van der Waals surface area contributed by atoms with Crippen LogP contribution in [0.1, 0.15) is 0 Å². The minimum Gasteiger partial charge on any atom is -0.491 e. The lowest BCUT2D eigenvalue weighted by Gasteiger charge is -2.04. The number of aliphatic hydroxyl groups excluding tert-OH is 1. The van der Waals surface area contributed by atoms with E-state index in [4.69, 9.17) is 20.0 Å². The predicted molar refractivity (Wildman–Crippen MR) is 59.5 cm³/mol. The van der Waals surface area contributed by atoms with Gasteiger partial charge in [-0.2, -0.15) is 0 Å². The van der Waals surface area contributed by atoms with Gasteiger partial charge in [0.2, 0.25) is 0 Å². The first-order valence-electron chi connectivity index (χ1n) is 4.78. The molecular formula is C11H11NO4. The number of ether oxygens (including phenoxy) is 1. The van der Waals surface area contributed by atoms with E-state index in [2.05, 4.69) is 0 Å². The summed E-state index contributed by atoms with van der Waals surface area (Å²) in [6.07, 6.45) is 0. The second-order valence-corrected chi connectivity index (χ2v) is 3.24. The van der Waals surface area contributed by atoms with Crippen LogP contribution in [0.5, 0.6) is 5.75 Å². The summed E-state index contributed by atoms with van der Waals surface area (Å²) < 4.78 is 10.4. The number of benzene rings is 1. The van der Waals surface area contributed by atoms with Crippen LogP contribution >= 0.6 is 0 Å². The molecule has 1 aromatic carbocycles. The minimum absolute atomic E-state index is 0.0750. The predicted octanol–water partition coefficient (Wildman–Crippen LogP) is 0.746. The summed E-state index contributed by atoms with van der Waals surface area (Å²) in [5.41, 5.74) is 5.62. The number of anilines is 1. The highest BCUT2D eigenvalue weighted by molar-refractivity contribution is 5.78. The van der Waals surface area contributed by atoms with Gasteiger partial charge in [0.1, 0.15) is 17.9 Å². The van der Waals surface area contributed by atoms with Crippen molar-refractivity contribution in [1.29, 1.82) is 0 Å². The van der Waals surface area contributed by atoms with Crippen LogP contribution in [0.2, 0.25) is 0 Å². The van der Waals surface area contributed by atoms with Gasteiger partial charge in [-0.15, -0.1) is 0 Å². The zero-order valence-electron chi connectivity index (χ0n) is 8.47. The van der Waals surface area contributed by atoms with Gasteiger partial charge in [0.25, 0.3) is 0 Å². The highest BCUT2D eigenvalue weighted by atomic mass is 16.5. The van der Waals surface area contributed by atoms with Crippen molar-refractivity contribution in [2.45, 2.75) is 0 Å². The largest absolute Gasteiger partial charge is 0.491 e. The van der Waals surface area contributed by atoms with E-state index in [-0.39, 0.29) is 24.5 Å². The highest BCUT2D eigenvalue weighted by Gasteiger charge is 2.04. The highest BCUT2D eigenvalue weighted by Crippen LogP contribution is 2.19. The molecule has 5 heteroatoms. The summed E-state index contributed by atoms with van der Waals surface area (Å²) in [6.45, 7) is 0.111. The van der Waals surface area contributed by atoms with Gasteiger partial charge in [0.05, 0.1) is 12.0 Å². The number of hydrogen-bond acceptors (Lipinski definition) is 5. The summed E-state index contributed by atoms with van der Waals surface area (Å²) >= 11 is 0. The molecule has 0 atom stereocenters. The van der Waals surface area contributed by atoms with Crippen LogP contribution in [0.25, 0.3) is 11.0 Å². The Kier molecular flexibility index (Phi) is 2.78. The quantitative estimate of drug-likeness (QED) is 0.798. The van der Waals surface area contributed by atoms with E-state index in [1.54, 1.807) is 18.2 Å². The molecule has 0 aliphatic rings. The maximum atomic E-state index is 11.6. The van der Waals surface area contributed by atoms with Gasteiger partial charge in [-0.3, -0.25) is 4.79 Å². The van der Waals surface area contributed by atoms with Crippen molar-refractivity contribution < 1.29 is 14.3 Å². The summed E-state index contributed by atoms with van der Waals surface area (Å²) in [5, 5.41) is 9.02. The zero-order chi connectivity index (χ0) is 11.5. The summed E-state index contributed by atoms with van der Waals surface area (Å²) in [7, 11) is 0. The van der Waals surface area contributed by atoms with Crippen molar-refractivity contribution in [3.8, 4) is 5.75 Å². The molecule has 0 fully saturated rings. The fourth-order valence-corrected chi connectivity index (χ4v) is 1.41. The van der Waals surface area contributed by atoms with Gasteiger partial charge in [-0.05, 0) is 18.2 Å². The first-order chi connectivity index (χ1) is 7.70. The number of hydrogen-bond donors (Lipinski definition) is 2. The van der Waals surface area contributed by atoms with Crippen molar-refractivity contribution in [3.63, 3.8) is 0 Å². The van der Waals surface area contributed by atoms with Crippen molar-refractivity contribution in [1.82, 2.24) is 0 Å². The van der Waals surface area contributed by atoms with Gasteiger partial charge in [-0.25, -0.2) is 0 Å². The molecule has 84 valence electrons. The molecule has 0 amide bonds. The van der Waals surface area contributed by atoms with Crippen molar-refractivity contribution >= 4 is 16.9 Å². The molecule has 0 unspecified atom stereocenters. The lowest BCUT2D eigenvalue weighted by atomic mass is 10.2. The number of rotatable bonds is 3. The zero-order valence-corrected chi connectivity index (χ0v) is 8.47. The Bertz CT molecular complexity index is 561. The van der Waals surface area contributed by atoms with E-state index in [0.29, 0.717) is 16.7 Å². The first kappa shape index (κ1) is 10.5. The van der Waals surface area contributed by atoms with Crippen molar-refractivity contribution in [2.75, 3.05) is 18.9 Å². The van der Waals surface area contributed by atoms with Crippen LogP contribution < -0.4 is 15.9 Å². The van der Waals surface area contributed by atoms with Crippen LogP contribution in [0.15, 0.2) is 33.5 Å². The van der Waals surface area contributed by atoms with E-state index >= 15 is 0 Å². The Labute approximate surface area is 91.1 Å². The summed E-state index contributed by atoms with van der Waals surface area (Å²) in [5.74, 6) is 0.597. The molecule has 0 saturated carbocycles. The van der Waals surface area contributed by atoms with Crippen molar-refractivity contribution in [2.24, 2.45) is 0 Å². The van der Waals surface area contributed by atoms with Crippen LogP contribution in [0.4, 0.5) is 5.88 Å². The maximum Gasteiger partial charge on any atom is 0.195 e. The molecule has 1 heterocycles. The average Bonchev–Trinajstić information content (AvgIpc) is 2.26. The van der Waals surface area contributed by atoms with Crippen LogP contribution in [-0.4, -0.2) is 18.3 Å². The topological polar surface area (TPSA) is 85.7 Å². The van der Waals surface area contributed by atoms with Gasteiger partial charge >= 0.3 is 0 Å². The molecule has 1 aromatic heterocycles. The molecule has 0 saturated heterocycles. The average molecular weight is 221 g/mol. The van der Waals surface area contributed by atoms with E-state index < -0.39 is 0 Å². The monoisotopic (exact) mass is 221 g/mol. The van der Waals surface area contributed by atoms with E-state index in [1.165, 1.54) is 6.07 Å². The van der Waals surface area contributed by atoms with Crippen LogP contribution in [0.3, 0.4) is 0 Å². The number of nitrogen functional groups attached to an aromatic ring is 1. The molecule has 2 rings (SSSR count). The van der Waals surface area contributed by atoms with Crippen LogP contribution in [0, 0.1) is 0 Å². The third-order valence-corrected chi connectivity index (χ3v) is 2.08. The fraction of sp³-hybridized carbons (Fsp3) is 0.182. The second kappa shape index (κ2) is 4.24. The Morgan fingerprint density at radius 2 is 2.19 bits per heavy atom. The molecule has 2 aromatic rings. The van der Waals surface area contributed by atoms with Crippen LogP contribution in [-0.2, 0) is 0 Å². The number of aliphatic hydroxyl groups is 1. The minimum atomic E-state index is -0.215. The Morgan fingerprint density at radius 1 is 1.38 bits per heavy atom. The van der Waals surface area contributed by atoms with E-state index in [1.807, 2.05) is 0 Å². The Balaban J connectivity index is 2.49. The SMILES string of the molecule is Nc1cc(=O)c2cc(OCCO)ccc2o1. The standard InChI is InChI=1S/C11H11NO4/c12-11-6-9(14)8-5-7(15-4-3-13)1-2-10(8)16-11/h1-2,5-6,13H,3-4,12H2. The molecule has 0 spiro atoms. The van der Waals surface area contributed by atoms with Gasteiger partial charge in [-0.1, -0.05) is 0 Å². The third-order valence-electron chi connectivity index (χ3n) is 2.08. The fourth-order valence-electron chi connectivity index (χ4n) is 1.41. The summed E-state index contributed by atoms with van der Waals surface area (Å²) in [4.78, 5) is 11.6. The first-order valence-corrected chi connectivity index (χ1v) is 4.78. The maximum absolute atomic E-state index is 11.6. The lowest BCUT2D eigenvalue weighted by molar-refractivity contribution is 0.201. The molecule has 16 heavy (non-hydrogen) atoms. The molecule has 0 aliphatic heterocycles. The molecule has 0 aliphatic carbocycles. The second-order valence-electron chi connectivity index (χ2n) is 3.24. The summed E-state index contributed by atoms with van der Waals surface area (Å²) in [6, 6.07) is 6.05. The third kappa shape index (κ3) is 1.99. The van der Waals surface area contributed by atoms with E-state index in [0.717, 1.165) is 0 Å². The van der Waals surface area contributed by atoms with Gasteiger partial charge in [0.15, 0.2) is 11.3 Å². The number of fused-ring (bicyclic) bond motifs is 1. The normalized spacial score (nSPS) is 10.6. The molecule has 3 N–H and O–H groups in total. The van der Waals surface area contributed by atoms with E-state index in [9.17, 15) is 4.79 Å². The van der Waals surface area contributed by atoms with Crippen molar-refractivity contribution in [3.05, 3.63) is 34.5 Å². The van der Waals surface area contributed by atoms with Gasteiger partial charge < -0.3 is 20.0 Å². The Morgan fingerprint density at radius 3 is 2.94 bits per heavy atom. The Hall–Kier alpha value is -2.01. The van der Waals surface area contributed by atoms with Gasteiger partial charge in [0, 0.05) is 6.07 Å². The lowest BCUT2D eigenvalue weighted by Crippen LogP contribution is -2.04. The molecular weight excluding hydrogens is 210 g/mol. The number of nitrogens with two attached hydrogens (primary N) is 1. The smallest absolute Gasteiger partial charge is 0.195 e. The molecule has 5 nitrogen and oxygen atoms in total. The molecule has 0 bridgehead atoms. The molecule has 0 radical (unpaired) electrons.